The normalized spacial score (nSPS) is 17.1. The minimum absolute atomic E-state index is 0.0490. The van der Waals surface area contributed by atoms with Gasteiger partial charge in [-0.2, -0.15) is 0 Å². The molecule has 1 aliphatic rings. The number of hydrogen-bond donors (Lipinski definition) is 2. The van der Waals surface area contributed by atoms with Gasteiger partial charge >= 0.3 is 0 Å². The van der Waals surface area contributed by atoms with Crippen LogP contribution in [0.5, 0.6) is 0 Å². The summed E-state index contributed by atoms with van der Waals surface area (Å²) in [7, 11) is 0. The summed E-state index contributed by atoms with van der Waals surface area (Å²) < 4.78 is 0.989. The number of nitrogens with one attached hydrogen (secondary N) is 1. The molecule has 1 atom stereocenters. The molecular formula is C15H21BrN2O. The van der Waals surface area contributed by atoms with Crippen molar-refractivity contribution in [3.05, 3.63) is 34.3 Å². The van der Waals surface area contributed by atoms with Crippen molar-refractivity contribution in [2.24, 2.45) is 11.7 Å². The number of rotatable bonds is 5. The van der Waals surface area contributed by atoms with Crippen LogP contribution in [0.2, 0.25) is 0 Å². The highest BCUT2D eigenvalue weighted by atomic mass is 79.9. The minimum Gasteiger partial charge on any atom is -0.351 e. The molecule has 3 nitrogen and oxygen atoms in total. The van der Waals surface area contributed by atoms with Crippen molar-refractivity contribution in [3.8, 4) is 0 Å². The third kappa shape index (κ3) is 3.37. The van der Waals surface area contributed by atoms with E-state index >= 15 is 0 Å². The maximum Gasteiger partial charge on any atom is 0.230 e. The van der Waals surface area contributed by atoms with Crippen LogP contribution >= 0.6 is 15.9 Å². The lowest BCUT2D eigenvalue weighted by molar-refractivity contribution is -0.126. The second-order valence-electron chi connectivity index (χ2n) is 5.79. The van der Waals surface area contributed by atoms with Gasteiger partial charge in [0.25, 0.3) is 0 Å². The van der Waals surface area contributed by atoms with Crippen LogP contribution in [-0.4, -0.2) is 18.5 Å². The Kier molecular flexibility index (Phi) is 4.31. The number of hydrogen-bond acceptors (Lipinski definition) is 2. The van der Waals surface area contributed by atoms with Crippen LogP contribution in [0, 0.1) is 5.92 Å². The van der Waals surface area contributed by atoms with Crippen LogP contribution < -0.4 is 11.1 Å². The second-order valence-corrected chi connectivity index (χ2v) is 6.70. The summed E-state index contributed by atoms with van der Waals surface area (Å²) in [5.74, 6) is 0.625. The zero-order chi connectivity index (χ0) is 14.0. The van der Waals surface area contributed by atoms with E-state index in [9.17, 15) is 4.79 Å². The van der Waals surface area contributed by atoms with E-state index in [4.69, 9.17) is 5.73 Å². The van der Waals surface area contributed by atoms with Gasteiger partial charge in [0.1, 0.15) is 0 Å². The first-order chi connectivity index (χ1) is 8.95. The summed E-state index contributed by atoms with van der Waals surface area (Å²) in [5.41, 5.74) is 6.20. The van der Waals surface area contributed by atoms with Gasteiger partial charge in [0.15, 0.2) is 0 Å². The highest BCUT2D eigenvalue weighted by Gasteiger charge is 2.36. The van der Waals surface area contributed by atoms with Gasteiger partial charge in [-0.05, 0) is 50.3 Å². The van der Waals surface area contributed by atoms with Crippen LogP contribution in [0.25, 0.3) is 0 Å². The summed E-state index contributed by atoms with van der Waals surface area (Å²) >= 11 is 3.45. The summed E-state index contributed by atoms with van der Waals surface area (Å²) in [6, 6.07) is 8.02. The largest absolute Gasteiger partial charge is 0.351 e. The molecule has 2 rings (SSSR count). The van der Waals surface area contributed by atoms with Crippen LogP contribution in [0.15, 0.2) is 28.7 Å². The molecule has 1 unspecified atom stereocenters. The molecule has 0 heterocycles. The van der Waals surface area contributed by atoms with Crippen molar-refractivity contribution < 1.29 is 4.79 Å². The van der Waals surface area contributed by atoms with Crippen molar-refractivity contribution in [1.29, 1.82) is 0 Å². The molecule has 1 aromatic carbocycles. The topological polar surface area (TPSA) is 55.1 Å². The summed E-state index contributed by atoms with van der Waals surface area (Å²) in [5, 5.41) is 3.11. The maximum atomic E-state index is 12.5. The molecule has 1 aromatic rings. The van der Waals surface area contributed by atoms with Crippen molar-refractivity contribution >= 4 is 21.8 Å². The smallest absolute Gasteiger partial charge is 0.230 e. The molecule has 0 aliphatic heterocycles. The first-order valence-electron chi connectivity index (χ1n) is 6.72. The Morgan fingerprint density at radius 1 is 1.53 bits per heavy atom. The van der Waals surface area contributed by atoms with Gasteiger partial charge in [0.2, 0.25) is 5.91 Å². The summed E-state index contributed by atoms with van der Waals surface area (Å²) in [6.07, 6.45) is 2.36. The minimum atomic E-state index is -0.550. The molecule has 3 N–H and O–H groups in total. The molecule has 1 aliphatic carbocycles. The summed E-state index contributed by atoms with van der Waals surface area (Å²) in [6.45, 7) is 4.42. The van der Waals surface area contributed by atoms with Crippen molar-refractivity contribution in [2.45, 2.75) is 38.1 Å². The Morgan fingerprint density at radius 3 is 2.74 bits per heavy atom. The van der Waals surface area contributed by atoms with Gasteiger partial charge in [-0.1, -0.05) is 28.1 Å². The van der Waals surface area contributed by atoms with Crippen molar-refractivity contribution in [1.82, 2.24) is 5.32 Å². The lowest BCUT2D eigenvalue weighted by atomic mass is 9.83. The predicted molar refractivity (Wildman–Crippen MR) is 80.9 cm³/mol. The zero-order valence-corrected chi connectivity index (χ0v) is 13.0. The third-order valence-electron chi connectivity index (χ3n) is 3.88. The predicted octanol–water partition coefficient (Wildman–Crippen LogP) is 2.58. The molecule has 1 amide bonds. The van der Waals surface area contributed by atoms with E-state index in [1.807, 2.05) is 38.1 Å². The van der Waals surface area contributed by atoms with Gasteiger partial charge < -0.3 is 11.1 Å². The molecule has 0 radical (unpaired) electrons. The fourth-order valence-corrected chi connectivity index (χ4v) is 2.62. The third-order valence-corrected chi connectivity index (χ3v) is 4.37. The van der Waals surface area contributed by atoms with Gasteiger partial charge in [-0.15, -0.1) is 0 Å². The highest BCUT2D eigenvalue weighted by Crippen LogP contribution is 2.33. The molecule has 1 fully saturated rings. The molecule has 0 saturated heterocycles. The van der Waals surface area contributed by atoms with Crippen molar-refractivity contribution in [3.63, 3.8) is 0 Å². The van der Waals surface area contributed by atoms with E-state index < -0.39 is 5.41 Å². The van der Waals surface area contributed by atoms with Gasteiger partial charge in [-0.25, -0.2) is 0 Å². The van der Waals surface area contributed by atoms with E-state index in [0.717, 1.165) is 10.0 Å². The van der Waals surface area contributed by atoms with Crippen molar-refractivity contribution in [2.75, 3.05) is 6.54 Å². The number of benzene rings is 1. The molecule has 1 saturated carbocycles. The van der Waals surface area contributed by atoms with E-state index in [-0.39, 0.29) is 11.9 Å². The fraction of sp³-hybridized carbons (Fsp3) is 0.533. The first kappa shape index (κ1) is 14.5. The quantitative estimate of drug-likeness (QED) is 0.874. The molecule has 0 bridgehead atoms. The Bertz CT molecular complexity index is 469. The van der Waals surface area contributed by atoms with Crippen LogP contribution in [0.3, 0.4) is 0 Å². The number of halogens is 1. The van der Waals surface area contributed by atoms with E-state index in [0.29, 0.717) is 12.5 Å². The average Bonchev–Trinajstić information content (AvgIpc) is 3.19. The van der Waals surface area contributed by atoms with Crippen LogP contribution in [0.1, 0.15) is 32.3 Å². The lowest BCUT2D eigenvalue weighted by Crippen LogP contribution is -2.48. The maximum absolute atomic E-state index is 12.5. The zero-order valence-electron chi connectivity index (χ0n) is 11.4. The van der Waals surface area contributed by atoms with Crippen LogP contribution in [0.4, 0.5) is 0 Å². The van der Waals surface area contributed by atoms with E-state index in [2.05, 4.69) is 21.2 Å². The monoisotopic (exact) mass is 324 g/mol. The molecule has 19 heavy (non-hydrogen) atoms. The second kappa shape index (κ2) is 5.63. The van der Waals surface area contributed by atoms with Gasteiger partial charge in [-0.3, -0.25) is 4.79 Å². The molecular weight excluding hydrogens is 304 g/mol. The number of carbonyl (C=O) groups is 1. The van der Waals surface area contributed by atoms with E-state index in [1.165, 1.54) is 12.8 Å². The van der Waals surface area contributed by atoms with Gasteiger partial charge in [0, 0.05) is 17.1 Å². The Hall–Kier alpha value is -0.870. The van der Waals surface area contributed by atoms with Crippen LogP contribution in [-0.2, 0) is 10.2 Å². The average molecular weight is 325 g/mol. The summed E-state index contributed by atoms with van der Waals surface area (Å²) in [4.78, 5) is 12.5. The number of amides is 1. The SMILES string of the molecule is CC(C)(C(=O)NC(CN)C1CC1)c1cccc(Br)c1. The van der Waals surface area contributed by atoms with E-state index in [1.54, 1.807) is 0 Å². The van der Waals surface area contributed by atoms with Gasteiger partial charge in [0.05, 0.1) is 5.41 Å². The molecule has 0 aromatic heterocycles. The highest BCUT2D eigenvalue weighted by molar-refractivity contribution is 9.10. The number of carbonyl (C=O) groups excluding carboxylic acids is 1. The molecule has 0 spiro atoms. The number of nitrogens with two attached hydrogens (primary N) is 1. The Morgan fingerprint density at radius 2 is 2.21 bits per heavy atom. The lowest BCUT2D eigenvalue weighted by Gasteiger charge is -2.27. The molecule has 4 heteroatoms. The molecule has 104 valence electrons. The standard InChI is InChI=1S/C15H21BrN2O/c1-15(2,11-4-3-5-12(16)8-11)14(19)18-13(9-17)10-6-7-10/h3-5,8,10,13H,6-7,9,17H2,1-2H3,(H,18,19). The Balaban J connectivity index is 2.11. The Labute approximate surface area is 123 Å². The first-order valence-corrected chi connectivity index (χ1v) is 7.51. The fourth-order valence-electron chi connectivity index (χ4n) is 2.22.